The Hall–Kier alpha value is -2.51. The summed E-state index contributed by atoms with van der Waals surface area (Å²) in [7, 11) is 3.89. The van der Waals surface area contributed by atoms with E-state index < -0.39 is 0 Å². The van der Waals surface area contributed by atoms with Gasteiger partial charge in [-0.15, -0.1) is 0 Å². The predicted molar refractivity (Wildman–Crippen MR) is 116 cm³/mol. The molecule has 7 heteroatoms. The zero-order valence-electron chi connectivity index (χ0n) is 17.2. The second-order valence-corrected chi connectivity index (χ2v) is 9.16. The van der Waals surface area contributed by atoms with Crippen molar-refractivity contribution in [3.63, 3.8) is 0 Å². The first-order valence-corrected chi connectivity index (χ1v) is 10.7. The summed E-state index contributed by atoms with van der Waals surface area (Å²) in [5, 5.41) is 0.999. The van der Waals surface area contributed by atoms with Gasteiger partial charge < -0.3 is 23.1 Å². The molecule has 2 aliphatic heterocycles. The highest BCUT2D eigenvalue weighted by atomic mass is 79.9. The van der Waals surface area contributed by atoms with Crippen LogP contribution in [0.3, 0.4) is 0 Å². The Labute approximate surface area is 182 Å². The Morgan fingerprint density at radius 3 is 2.77 bits per heavy atom. The van der Waals surface area contributed by atoms with Crippen molar-refractivity contribution < 1.29 is 23.1 Å². The fourth-order valence-corrected chi connectivity index (χ4v) is 5.39. The lowest BCUT2D eigenvalue weighted by atomic mass is 9.95. The fraction of sp³-hybridized carbons (Fsp3) is 0.348. The van der Waals surface area contributed by atoms with Crippen molar-refractivity contribution in [3.05, 3.63) is 61.4 Å². The summed E-state index contributed by atoms with van der Waals surface area (Å²) in [5.74, 6) is 2.14. The van der Waals surface area contributed by atoms with Gasteiger partial charge >= 0.3 is 5.63 Å². The summed E-state index contributed by atoms with van der Waals surface area (Å²) < 4.78 is 24.2. The number of rotatable bonds is 3. The molecule has 2 aliphatic rings. The van der Waals surface area contributed by atoms with Crippen LogP contribution in [0.4, 0.5) is 0 Å². The van der Waals surface area contributed by atoms with Crippen molar-refractivity contribution in [1.29, 1.82) is 0 Å². The first-order valence-electron chi connectivity index (χ1n) is 9.92. The highest BCUT2D eigenvalue weighted by Gasteiger charge is 2.38. The first kappa shape index (κ1) is 19.5. The molecule has 6 nitrogen and oxygen atoms in total. The molecule has 0 fully saturated rings. The van der Waals surface area contributed by atoms with Crippen LogP contribution in [0.2, 0.25) is 0 Å². The van der Waals surface area contributed by atoms with Gasteiger partial charge in [0.05, 0.1) is 30.7 Å². The summed E-state index contributed by atoms with van der Waals surface area (Å²) >= 11 is 3.71. The number of halogens is 1. The maximum absolute atomic E-state index is 12.2. The van der Waals surface area contributed by atoms with Crippen molar-refractivity contribution in [2.45, 2.75) is 26.4 Å². The van der Waals surface area contributed by atoms with E-state index >= 15 is 0 Å². The molecule has 0 bridgehead atoms. The van der Waals surface area contributed by atoms with Crippen LogP contribution in [-0.2, 0) is 19.5 Å². The van der Waals surface area contributed by atoms with Crippen LogP contribution >= 0.6 is 15.9 Å². The second kappa shape index (κ2) is 7.03. The minimum atomic E-state index is -0.311. The van der Waals surface area contributed by atoms with Crippen molar-refractivity contribution in [3.8, 4) is 17.2 Å². The maximum atomic E-state index is 12.2. The SMILES string of the molecule is COc1c2c(c(Br)c3c1OCO3)CC[N+](C)(Cc1cc(=O)oc3ccc(C)cc13)C2. The van der Waals surface area contributed by atoms with Gasteiger partial charge in [-0.05, 0) is 40.5 Å². The number of hydrogen-bond donors (Lipinski definition) is 0. The van der Waals surface area contributed by atoms with E-state index in [1.807, 2.05) is 19.1 Å². The normalized spacial score (nSPS) is 19.7. The smallest absolute Gasteiger partial charge is 0.336 e. The molecule has 1 aromatic heterocycles. The molecular formula is C23H23BrNO5+. The predicted octanol–water partition coefficient (Wildman–Crippen LogP) is 4.30. The third kappa shape index (κ3) is 3.08. The number of hydrogen-bond acceptors (Lipinski definition) is 5. The van der Waals surface area contributed by atoms with Crippen molar-refractivity contribution >= 4 is 26.9 Å². The van der Waals surface area contributed by atoms with Crippen LogP contribution in [-0.4, -0.2) is 32.0 Å². The summed E-state index contributed by atoms with van der Waals surface area (Å²) in [5.41, 5.74) is 4.81. The zero-order valence-corrected chi connectivity index (χ0v) is 18.8. The molecule has 0 spiro atoms. The van der Waals surface area contributed by atoms with E-state index in [1.165, 1.54) is 5.56 Å². The van der Waals surface area contributed by atoms with Gasteiger partial charge in [-0.3, -0.25) is 0 Å². The average Bonchev–Trinajstić information content (AvgIpc) is 3.18. The van der Waals surface area contributed by atoms with Crippen LogP contribution in [0.25, 0.3) is 11.0 Å². The standard InChI is InChI=1S/C23H23BrNO5/c1-13-4-5-18-16(8-13)14(9-19(26)30-18)10-25(2)7-6-15-17(11-25)21(27-3)23-22(20(15)24)28-12-29-23/h4-5,8-9H,6-7,10-12H2,1-3H3/q+1. The van der Waals surface area contributed by atoms with Gasteiger partial charge in [0.1, 0.15) is 18.7 Å². The number of benzene rings is 2. The lowest BCUT2D eigenvalue weighted by molar-refractivity contribution is -0.937. The molecule has 5 rings (SSSR count). The highest BCUT2D eigenvalue weighted by Crippen LogP contribution is 2.52. The van der Waals surface area contributed by atoms with E-state index in [1.54, 1.807) is 13.2 Å². The van der Waals surface area contributed by atoms with Gasteiger partial charge in [-0.1, -0.05) is 11.6 Å². The van der Waals surface area contributed by atoms with E-state index in [-0.39, 0.29) is 12.4 Å². The maximum Gasteiger partial charge on any atom is 0.336 e. The topological polar surface area (TPSA) is 57.9 Å². The molecule has 0 aliphatic carbocycles. The molecule has 3 aromatic rings. The van der Waals surface area contributed by atoms with Crippen LogP contribution in [0.1, 0.15) is 22.3 Å². The Morgan fingerprint density at radius 2 is 1.97 bits per heavy atom. The number of likely N-dealkylation sites (N-methyl/N-ethyl adjacent to an activating group) is 1. The molecule has 0 saturated carbocycles. The third-order valence-electron chi connectivity index (χ3n) is 6.10. The minimum absolute atomic E-state index is 0.199. The third-order valence-corrected chi connectivity index (χ3v) is 6.94. The number of quaternary nitrogens is 1. The van der Waals surface area contributed by atoms with E-state index in [0.717, 1.165) is 68.6 Å². The Balaban J connectivity index is 1.58. The molecule has 2 aromatic carbocycles. The van der Waals surface area contributed by atoms with Crippen LogP contribution < -0.4 is 19.8 Å². The Morgan fingerprint density at radius 1 is 1.17 bits per heavy atom. The van der Waals surface area contributed by atoms with E-state index in [9.17, 15) is 4.79 Å². The average molecular weight is 473 g/mol. The number of nitrogens with zero attached hydrogens (tertiary/aromatic N) is 1. The monoisotopic (exact) mass is 472 g/mol. The summed E-state index contributed by atoms with van der Waals surface area (Å²) in [6, 6.07) is 7.57. The molecule has 1 unspecified atom stereocenters. The van der Waals surface area contributed by atoms with Gasteiger partial charge in [0, 0.05) is 23.4 Å². The molecular weight excluding hydrogens is 450 g/mol. The molecule has 3 heterocycles. The molecule has 156 valence electrons. The van der Waals surface area contributed by atoms with Gasteiger partial charge in [-0.25, -0.2) is 4.79 Å². The van der Waals surface area contributed by atoms with Gasteiger partial charge in [0.2, 0.25) is 12.5 Å². The molecule has 1 atom stereocenters. The molecule has 0 saturated heterocycles. The van der Waals surface area contributed by atoms with Crippen molar-refractivity contribution in [1.82, 2.24) is 0 Å². The second-order valence-electron chi connectivity index (χ2n) is 8.37. The number of ether oxygens (including phenoxy) is 3. The Bertz CT molecular complexity index is 1230. The van der Waals surface area contributed by atoms with Gasteiger partial charge in [-0.2, -0.15) is 0 Å². The molecule has 30 heavy (non-hydrogen) atoms. The number of fused-ring (bicyclic) bond motifs is 3. The minimum Gasteiger partial charge on any atom is -0.492 e. The van der Waals surface area contributed by atoms with Crippen LogP contribution in [0, 0.1) is 6.92 Å². The lowest BCUT2D eigenvalue weighted by Crippen LogP contribution is -2.47. The van der Waals surface area contributed by atoms with Crippen molar-refractivity contribution in [2.75, 3.05) is 27.5 Å². The summed E-state index contributed by atoms with van der Waals surface area (Å²) in [6.07, 6.45) is 0.873. The number of methoxy groups -OCH3 is 1. The van der Waals surface area contributed by atoms with Crippen LogP contribution in [0.5, 0.6) is 17.2 Å². The highest BCUT2D eigenvalue weighted by molar-refractivity contribution is 9.10. The van der Waals surface area contributed by atoms with Gasteiger partial charge in [0.25, 0.3) is 0 Å². The van der Waals surface area contributed by atoms with Crippen LogP contribution in [0.15, 0.2) is 37.9 Å². The quantitative estimate of drug-likeness (QED) is 0.420. The fourth-order valence-electron chi connectivity index (χ4n) is 4.66. The molecule has 0 radical (unpaired) electrons. The lowest BCUT2D eigenvalue weighted by Gasteiger charge is -2.39. The van der Waals surface area contributed by atoms with E-state index in [2.05, 4.69) is 29.0 Å². The molecule has 0 N–H and O–H groups in total. The van der Waals surface area contributed by atoms with Crippen molar-refractivity contribution in [2.24, 2.45) is 0 Å². The summed E-state index contributed by atoms with van der Waals surface area (Å²) in [6.45, 7) is 4.67. The zero-order chi connectivity index (χ0) is 21.0. The largest absolute Gasteiger partial charge is 0.492 e. The first-order chi connectivity index (χ1) is 14.4. The van der Waals surface area contributed by atoms with E-state index in [0.29, 0.717) is 11.3 Å². The Kier molecular flexibility index (Phi) is 4.56. The van der Waals surface area contributed by atoms with E-state index in [4.69, 9.17) is 18.6 Å². The van der Waals surface area contributed by atoms with Gasteiger partial charge in [0.15, 0.2) is 11.5 Å². The number of aryl methyl sites for hydroxylation is 1. The summed E-state index contributed by atoms with van der Waals surface area (Å²) in [4.78, 5) is 12.2. The molecule has 0 amide bonds.